The van der Waals surface area contributed by atoms with E-state index in [2.05, 4.69) is 4.90 Å². The molecule has 0 radical (unpaired) electrons. The fourth-order valence-corrected chi connectivity index (χ4v) is 4.16. The van der Waals surface area contributed by atoms with E-state index >= 15 is 0 Å². The quantitative estimate of drug-likeness (QED) is 0.750. The Bertz CT molecular complexity index is 969. The molecule has 1 aromatic heterocycles. The zero-order chi connectivity index (χ0) is 19.1. The largest absolute Gasteiger partial charge is 0.476 e. The average Bonchev–Trinajstić information content (AvgIpc) is 3.06. The number of carbonyl (C=O) groups is 1. The molecule has 0 N–H and O–H groups in total. The van der Waals surface area contributed by atoms with E-state index in [0.29, 0.717) is 41.6 Å². The van der Waals surface area contributed by atoms with Crippen molar-refractivity contribution in [3.63, 3.8) is 0 Å². The van der Waals surface area contributed by atoms with Gasteiger partial charge in [-0.1, -0.05) is 11.6 Å². The fourth-order valence-electron chi connectivity index (χ4n) is 3.88. The van der Waals surface area contributed by atoms with Crippen LogP contribution in [0.4, 0.5) is 0 Å². The molecule has 0 spiro atoms. The summed E-state index contributed by atoms with van der Waals surface area (Å²) in [5.74, 6) is 0.849. The predicted octanol–water partition coefficient (Wildman–Crippen LogP) is 3.23. The molecular formula is C20H23ClN2O4. The molecule has 0 aliphatic carbocycles. The number of nitrogens with zero attached hydrogens (tertiary/aromatic N) is 2. The Kier molecular flexibility index (Phi) is 4.86. The van der Waals surface area contributed by atoms with Crippen molar-refractivity contribution in [1.29, 1.82) is 0 Å². The van der Waals surface area contributed by atoms with Crippen molar-refractivity contribution in [3.05, 3.63) is 38.2 Å². The fraction of sp³-hybridized carbons (Fsp3) is 0.500. The predicted molar refractivity (Wildman–Crippen MR) is 103 cm³/mol. The SMILES string of the molecule is Cc1c(C)c2cc(Cl)c3c(c2oc1=O)CN(CCCN1CCCC1=O)CO3. The highest BCUT2D eigenvalue weighted by Gasteiger charge is 2.26. The summed E-state index contributed by atoms with van der Waals surface area (Å²) in [4.78, 5) is 28.0. The Morgan fingerprint density at radius 3 is 2.74 bits per heavy atom. The van der Waals surface area contributed by atoms with Crippen molar-refractivity contribution in [1.82, 2.24) is 9.80 Å². The zero-order valence-electron chi connectivity index (χ0n) is 15.6. The van der Waals surface area contributed by atoms with Crippen molar-refractivity contribution >= 4 is 28.5 Å². The number of amides is 1. The lowest BCUT2D eigenvalue weighted by Crippen LogP contribution is -2.35. The first-order valence-corrected chi connectivity index (χ1v) is 9.72. The van der Waals surface area contributed by atoms with Gasteiger partial charge in [0.05, 0.1) is 10.6 Å². The maximum Gasteiger partial charge on any atom is 0.339 e. The highest BCUT2D eigenvalue weighted by molar-refractivity contribution is 6.33. The second-order valence-electron chi connectivity index (χ2n) is 7.35. The normalized spacial score (nSPS) is 17.4. The molecule has 0 atom stereocenters. The molecule has 1 fully saturated rings. The second kappa shape index (κ2) is 7.17. The lowest BCUT2D eigenvalue weighted by molar-refractivity contribution is -0.127. The molecule has 2 aliphatic rings. The van der Waals surface area contributed by atoms with Gasteiger partial charge in [0.15, 0.2) is 0 Å². The van der Waals surface area contributed by atoms with Crippen LogP contribution in [0.25, 0.3) is 11.0 Å². The van der Waals surface area contributed by atoms with Gasteiger partial charge in [0, 0.05) is 43.5 Å². The Labute approximate surface area is 162 Å². The minimum Gasteiger partial charge on any atom is -0.476 e. The van der Waals surface area contributed by atoms with E-state index in [1.54, 1.807) is 6.92 Å². The van der Waals surface area contributed by atoms with Crippen LogP contribution in [-0.4, -0.2) is 42.1 Å². The van der Waals surface area contributed by atoms with Gasteiger partial charge in [-0.15, -0.1) is 0 Å². The molecule has 1 aromatic carbocycles. The smallest absolute Gasteiger partial charge is 0.339 e. The van der Waals surface area contributed by atoms with Gasteiger partial charge < -0.3 is 14.1 Å². The number of benzene rings is 1. The van der Waals surface area contributed by atoms with Crippen molar-refractivity contribution in [2.24, 2.45) is 0 Å². The molecule has 2 aliphatic heterocycles. The Balaban J connectivity index is 1.56. The van der Waals surface area contributed by atoms with E-state index < -0.39 is 0 Å². The molecule has 7 heteroatoms. The minimum atomic E-state index is -0.325. The molecule has 2 aromatic rings. The zero-order valence-corrected chi connectivity index (χ0v) is 16.4. The van der Waals surface area contributed by atoms with Crippen LogP contribution in [0, 0.1) is 13.8 Å². The summed E-state index contributed by atoms with van der Waals surface area (Å²) in [6.07, 6.45) is 2.51. The molecule has 4 rings (SSSR count). The number of halogens is 1. The van der Waals surface area contributed by atoms with Crippen LogP contribution in [-0.2, 0) is 11.3 Å². The van der Waals surface area contributed by atoms with Gasteiger partial charge in [0.1, 0.15) is 18.1 Å². The van der Waals surface area contributed by atoms with Gasteiger partial charge >= 0.3 is 5.63 Å². The van der Waals surface area contributed by atoms with Crippen molar-refractivity contribution in [2.75, 3.05) is 26.4 Å². The number of rotatable bonds is 4. The number of aryl methyl sites for hydroxylation is 1. The second-order valence-corrected chi connectivity index (χ2v) is 7.75. The first-order valence-electron chi connectivity index (χ1n) is 9.34. The summed E-state index contributed by atoms with van der Waals surface area (Å²) < 4.78 is 11.5. The first kappa shape index (κ1) is 18.3. The number of hydrogen-bond donors (Lipinski definition) is 0. The third-order valence-corrected chi connectivity index (χ3v) is 5.88. The standard InChI is InChI=1S/C20H23ClN2O4/c1-12-13(2)20(25)27-18-14(12)9-16(21)19-15(18)10-22(11-26-19)6-4-8-23-7-3-5-17(23)24/h9H,3-8,10-11H2,1-2H3. The van der Waals surface area contributed by atoms with Gasteiger partial charge in [-0.25, -0.2) is 4.79 Å². The summed E-state index contributed by atoms with van der Waals surface area (Å²) in [5.41, 5.74) is 2.54. The summed E-state index contributed by atoms with van der Waals surface area (Å²) in [6, 6.07) is 1.82. The van der Waals surface area contributed by atoms with Crippen LogP contribution in [0.2, 0.25) is 5.02 Å². The molecule has 0 bridgehead atoms. The molecular weight excluding hydrogens is 368 g/mol. The summed E-state index contributed by atoms with van der Waals surface area (Å²) in [5, 5.41) is 1.39. The van der Waals surface area contributed by atoms with Gasteiger partial charge in [0.2, 0.25) is 5.91 Å². The molecule has 144 valence electrons. The number of likely N-dealkylation sites (tertiary alicyclic amines) is 1. The molecule has 0 unspecified atom stereocenters. The molecule has 3 heterocycles. The average molecular weight is 391 g/mol. The Morgan fingerprint density at radius 1 is 1.19 bits per heavy atom. The molecule has 1 amide bonds. The van der Waals surface area contributed by atoms with Gasteiger partial charge in [-0.2, -0.15) is 0 Å². The highest BCUT2D eigenvalue weighted by atomic mass is 35.5. The third kappa shape index (κ3) is 3.32. The van der Waals surface area contributed by atoms with E-state index in [4.69, 9.17) is 20.8 Å². The van der Waals surface area contributed by atoms with E-state index in [9.17, 15) is 9.59 Å². The number of fused-ring (bicyclic) bond motifs is 3. The van der Waals surface area contributed by atoms with Gasteiger partial charge in [0.25, 0.3) is 0 Å². The summed E-state index contributed by atoms with van der Waals surface area (Å²) in [7, 11) is 0. The minimum absolute atomic E-state index is 0.251. The highest BCUT2D eigenvalue weighted by Crippen LogP contribution is 2.39. The van der Waals surface area contributed by atoms with Crippen LogP contribution in [0.15, 0.2) is 15.3 Å². The number of carbonyl (C=O) groups excluding carboxylic acids is 1. The van der Waals surface area contributed by atoms with Crippen molar-refractivity contribution < 1.29 is 13.9 Å². The molecule has 0 saturated carbocycles. The number of hydrogen-bond acceptors (Lipinski definition) is 5. The van der Waals surface area contributed by atoms with Crippen LogP contribution in [0.1, 0.15) is 36.0 Å². The topological polar surface area (TPSA) is 63.0 Å². The molecule has 1 saturated heterocycles. The van der Waals surface area contributed by atoms with Crippen LogP contribution in [0.5, 0.6) is 5.75 Å². The van der Waals surface area contributed by atoms with Gasteiger partial charge in [-0.05, 0) is 38.3 Å². The van der Waals surface area contributed by atoms with E-state index in [1.807, 2.05) is 17.9 Å². The van der Waals surface area contributed by atoms with E-state index in [-0.39, 0.29) is 11.5 Å². The van der Waals surface area contributed by atoms with Crippen molar-refractivity contribution in [2.45, 2.75) is 39.7 Å². The summed E-state index contributed by atoms with van der Waals surface area (Å²) in [6.45, 7) is 7.13. The lowest BCUT2D eigenvalue weighted by atomic mass is 10.0. The van der Waals surface area contributed by atoms with E-state index in [0.717, 1.165) is 49.0 Å². The monoisotopic (exact) mass is 390 g/mol. The third-order valence-electron chi connectivity index (χ3n) is 5.60. The van der Waals surface area contributed by atoms with Gasteiger partial charge in [-0.3, -0.25) is 9.69 Å². The number of ether oxygens (including phenoxy) is 1. The maximum atomic E-state index is 12.2. The Morgan fingerprint density at radius 2 is 2.00 bits per heavy atom. The van der Waals surface area contributed by atoms with Crippen LogP contribution < -0.4 is 10.4 Å². The summed E-state index contributed by atoms with van der Waals surface area (Å²) >= 11 is 6.43. The lowest BCUT2D eigenvalue weighted by Gasteiger charge is -2.30. The maximum absolute atomic E-state index is 12.2. The first-order chi connectivity index (χ1) is 13.0. The Hall–Kier alpha value is -2.05. The van der Waals surface area contributed by atoms with E-state index in [1.165, 1.54) is 0 Å². The van der Waals surface area contributed by atoms with Crippen LogP contribution >= 0.6 is 11.6 Å². The molecule has 6 nitrogen and oxygen atoms in total. The molecule has 27 heavy (non-hydrogen) atoms. The van der Waals surface area contributed by atoms with Crippen LogP contribution in [0.3, 0.4) is 0 Å². The van der Waals surface area contributed by atoms with Crippen molar-refractivity contribution in [3.8, 4) is 5.75 Å².